The zero-order valence-electron chi connectivity index (χ0n) is 12.3. The normalized spacial score (nSPS) is 10.8. The Morgan fingerprint density at radius 2 is 1.43 bits per heavy atom. The van der Waals surface area contributed by atoms with Crippen molar-refractivity contribution in [2.24, 2.45) is 0 Å². The van der Waals surface area contributed by atoms with Crippen molar-refractivity contribution in [3.63, 3.8) is 0 Å². The van der Waals surface area contributed by atoms with Crippen LogP contribution in [0.2, 0.25) is 0 Å². The van der Waals surface area contributed by atoms with Crippen molar-refractivity contribution in [1.29, 1.82) is 0 Å². The van der Waals surface area contributed by atoms with Gasteiger partial charge in [-0.25, -0.2) is 4.98 Å². The van der Waals surface area contributed by atoms with E-state index in [0.717, 1.165) is 21.7 Å². The smallest absolute Gasteiger partial charge is 0.186 e. The highest BCUT2D eigenvalue weighted by Gasteiger charge is 2.21. The van der Waals surface area contributed by atoms with Crippen molar-refractivity contribution < 1.29 is 5.21 Å². The molecule has 0 fully saturated rings. The fourth-order valence-corrected chi connectivity index (χ4v) is 3.33. The Hall–Kier alpha value is -2.85. The second-order valence-electron chi connectivity index (χ2n) is 5.15. The van der Waals surface area contributed by atoms with Crippen LogP contribution in [0.4, 0.5) is 0 Å². The monoisotopic (exact) mass is 318 g/mol. The molecule has 4 aromatic rings. The number of thiophene rings is 1. The molecule has 0 saturated carbocycles. The average Bonchev–Trinajstić information content (AvgIpc) is 3.24. The number of imidazole rings is 1. The lowest BCUT2D eigenvalue weighted by Gasteiger charge is -2.06. The number of aromatic nitrogens is 2. The molecule has 23 heavy (non-hydrogen) atoms. The van der Waals surface area contributed by atoms with Gasteiger partial charge in [-0.1, -0.05) is 66.7 Å². The minimum absolute atomic E-state index is 0.567. The average molecular weight is 318 g/mol. The molecule has 0 atom stereocenters. The number of rotatable bonds is 3. The highest BCUT2D eigenvalue weighted by Crippen LogP contribution is 2.36. The molecule has 0 unspecified atom stereocenters. The molecular weight excluding hydrogens is 304 g/mol. The van der Waals surface area contributed by atoms with Crippen LogP contribution in [0.5, 0.6) is 0 Å². The maximum absolute atomic E-state index is 10.8. The van der Waals surface area contributed by atoms with Crippen LogP contribution in [0.3, 0.4) is 0 Å². The molecule has 0 aliphatic heterocycles. The van der Waals surface area contributed by atoms with E-state index in [2.05, 4.69) is 0 Å². The maximum Gasteiger partial charge on any atom is 0.186 e. The summed E-state index contributed by atoms with van der Waals surface area (Å²) in [5, 5.41) is 12.7. The lowest BCUT2D eigenvalue weighted by atomic mass is 10.1. The first-order valence-corrected chi connectivity index (χ1v) is 8.19. The maximum atomic E-state index is 10.8. The summed E-state index contributed by atoms with van der Waals surface area (Å²) in [6, 6.07) is 23.7. The first-order valence-electron chi connectivity index (χ1n) is 7.31. The molecule has 112 valence electrons. The number of nitrogens with zero attached hydrogens (tertiary/aromatic N) is 2. The van der Waals surface area contributed by atoms with Crippen LogP contribution >= 0.6 is 11.3 Å². The Balaban J connectivity index is 1.99. The minimum Gasteiger partial charge on any atom is -0.426 e. The van der Waals surface area contributed by atoms with Crippen molar-refractivity contribution in [2.45, 2.75) is 0 Å². The molecule has 0 saturated heterocycles. The summed E-state index contributed by atoms with van der Waals surface area (Å²) in [6.45, 7) is 0. The molecule has 0 amide bonds. The zero-order chi connectivity index (χ0) is 15.6. The van der Waals surface area contributed by atoms with E-state index in [9.17, 15) is 5.21 Å². The van der Waals surface area contributed by atoms with Gasteiger partial charge in [-0.15, -0.1) is 11.3 Å². The number of hydrogen-bond acceptors (Lipinski definition) is 3. The first kappa shape index (κ1) is 13.8. The molecule has 4 heteroatoms. The van der Waals surface area contributed by atoms with Crippen LogP contribution in [0.25, 0.3) is 33.2 Å². The fourth-order valence-electron chi connectivity index (χ4n) is 2.63. The van der Waals surface area contributed by atoms with E-state index >= 15 is 0 Å². The highest BCUT2D eigenvalue weighted by molar-refractivity contribution is 7.13. The van der Waals surface area contributed by atoms with Gasteiger partial charge in [-0.3, -0.25) is 0 Å². The van der Waals surface area contributed by atoms with Gasteiger partial charge in [0.05, 0.1) is 4.88 Å². The molecule has 3 nitrogen and oxygen atoms in total. The summed E-state index contributed by atoms with van der Waals surface area (Å²) in [5.41, 5.74) is 3.41. The van der Waals surface area contributed by atoms with Gasteiger partial charge in [0.15, 0.2) is 5.82 Å². The third-order valence-electron chi connectivity index (χ3n) is 3.69. The van der Waals surface area contributed by atoms with E-state index in [0.29, 0.717) is 11.5 Å². The van der Waals surface area contributed by atoms with Gasteiger partial charge in [0.1, 0.15) is 11.4 Å². The van der Waals surface area contributed by atoms with E-state index in [1.165, 1.54) is 4.73 Å². The molecule has 0 spiro atoms. The van der Waals surface area contributed by atoms with Crippen LogP contribution in [0.1, 0.15) is 0 Å². The summed E-state index contributed by atoms with van der Waals surface area (Å²) >= 11 is 1.56. The van der Waals surface area contributed by atoms with E-state index in [-0.39, 0.29) is 0 Å². The lowest BCUT2D eigenvalue weighted by Crippen LogP contribution is -1.96. The van der Waals surface area contributed by atoms with Crippen LogP contribution in [0, 0.1) is 0 Å². The Kier molecular flexibility index (Phi) is 3.44. The molecule has 1 N–H and O–H groups in total. The summed E-state index contributed by atoms with van der Waals surface area (Å²) in [6.07, 6.45) is 0. The Morgan fingerprint density at radius 1 is 0.783 bits per heavy atom. The van der Waals surface area contributed by atoms with E-state index in [4.69, 9.17) is 4.98 Å². The quantitative estimate of drug-likeness (QED) is 0.528. The summed E-state index contributed by atoms with van der Waals surface area (Å²) in [5.74, 6) is 0.567. The molecule has 0 bridgehead atoms. The summed E-state index contributed by atoms with van der Waals surface area (Å²) in [7, 11) is 0. The topological polar surface area (TPSA) is 38.0 Å². The van der Waals surface area contributed by atoms with Gasteiger partial charge in [-0.05, 0) is 11.4 Å². The first-order chi connectivity index (χ1) is 11.3. The lowest BCUT2D eigenvalue weighted by molar-refractivity contribution is 0.195. The molecule has 0 aliphatic rings. The second-order valence-corrected chi connectivity index (χ2v) is 6.10. The van der Waals surface area contributed by atoms with Gasteiger partial charge in [0.25, 0.3) is 0 Å². The number of benzene rings is 2. The summed E-state index contributed by atoms with van der Waals surface area (Å²) < 4.78 is 1.20. The van der Waals surface area contributed by atoms with Crippen LogP contribution in [-0.4, -0.2) is 14.9 Å². The van der Waals surface area contributed by atoms with Gasteiger partial charge in [0.2, 0.25) is 0 Å². The van der Waals surface area contributed by atoms with Crippen LogP contribution in [-0.2, 0) is 0 Å². The van der Waals surface area contributed by atoms with Gasteiger partial charge in [-0.2, -0.15) is 4.73 Å². The zero-order valence-corrected chi connectivity index (χ0v) is 13.1. The van der Waals surface area contributed by atoms with Crippen molar-refractivity contribution in [3.8, 4) is 33.2 Å². The predicted octanol–water partition coefficient (Wildman–Crippen LogP) is 5.18. The van der Waals surface area contributed by atoms with Gasteiger partial charge >= 0.3 is 0 Å². The van der Waals surface area contributed by atoms with Crippen molar-refractivity contribution >= 4 is 11.3 Å². The third-order valence-corrected chi connectivity index (χ3v) is 4.56. The summed E-state index contributed by atoms with van der Waals surface area (Å²) in [4.78, 5) is 5.66. The Labute approximate surface area is 138 Å². The molecule has 2 aromatic carbocycles. The molecule has 2 aromatic heterocycles. The standard InChI is InChI=1S/C19H14N2OS/c22-21-18(15-10-5-2-6-11-15)17(14-8-3-1-4-9-14)20-19(21)16-12-7-13-23-16/h1-13,22H. The van der Waals surface area contributed by atoms with Crippen LogP contribution < -0.4 is 0 Å². The third kappa shape index (κ3) is 2.43. The fraction of sp³-hybridized carbons (Fsp3) is 0. The van der Waals surface area contributed by atoms with Crippen molar-refractivity contribution in [2.75, 3.05) is 0 Å². The van der Waals surface area contributed by atoms with E-state index < -0.39 is 0 Å². The minimum atomic E-state index is 0.567. The highest BCUT2D eigenvalue weighted by atomic mass is 32.1. The Morgan fingerprint density at radius 3 is 2.04 bits per heavy atom. The molecule has 0 radical (unpaired) electrons. The molecule has 0 aliphatic carbocycles. The van der Waals surface area contributed by atoms with Gasteiger partial charge < -0.3 is 5.21 Å². The molecular formula is C19H14N2OS. The van der Waals surface area contributed by atoms with E-state index in [1.807, 2.05) is 78.2 Å². The Bertz CT molecular complexity index is 913. The molecule has 4 rings (SSSR count). The van der Waals surface area contributed by atoms with Crippen LogP contribution in [0.15, 0.2) is 78.2 Å². The van der Waals surface area contributed by atoms with Gasteiger partial charge in [0, 0.05) is 11.1 Å². The largest absolute Gasteiger partial charge is 0.426 e. The molecule has 2 heterocycles. The van der Waals surface area contributed by atoms with E-state index in [1.54, 1.807) is 11.3 Å². The SMILES string of the molecule is On1c(-c2cccs2)nc(-c2ccccc2)c1-c1ccccc1. The van der Waals surface area contributed by atoms with Crippen molar-refractivity contribution in [3.05, 3.63) is 78.2 Å². The number of hydrogen-bond donors (Lipinski definition) is 1. The second kappa shape index (κ2) is 5.74. The van der Waals surface area contributed by atoms with Crippen molar-refractivity contribution in [1.82, 2.24) is 9.71 Å². The predicted molar refractivity (Wildman–Crippen MR) is 93.6 cm³/mol.